The molecule has 1 aliphatic rings. The van der Waals surface area contributed by atoms with Crippen molar-refractivity contribution in [3.63, 3.8) is 0 Å². The number of aromatic nitrogens is 2. The third-order valence-electron chi connectivity index (χ3n) is 3.18. The molecule has 1 aromatic rings. The van der Waals surface area contributed by atoms with Gasteiger partial charge in [0.15, 0.2) is 17.4 Å². The molecule has 0 aromatic carbocycles. The average Bonchev–Trinajstić information content (AvgIpc) is 2.79. The lowest BCUT2D eigenvalue weighted by Gasteiger charge is -2.34. The van der Waals surface area contributed by atoms with Crippen LogP contribution in [0.2, 0.25) is 0 Å². The number of nitrogens with two attached hydrogens (primary N) is 1. The second kappa shape index (κ2) is 4.75. The predicted molar refractivity (Wildman–Crippen MR) is 66.8 cm³/mol. The SMILES string of the molecule is CC(C)[C@]1(n2cc(F)c(N)nc2=O)C=C[C@@H](CO)O1. The Labute approximate surface area is 109 Å². The van der Waals surface area contributed by atoms with Gasteiger partial charge >= 0.3 is 5.69 Å². The highest BCUT2D eigenvalue weighted by Crippen LogP contribution is 2.34. The van der Waals surface area contributed by atoms with Crippen LogP contribution in [0.5, 0.6) is 0 Å². The van der Waals surface area contributed by atoms with Gasteiger partial charge in [0.2, 0.25) is 0 Å². The van der Waals surface area contributed by atoms with Crippen LogP contribution in [0.4, 0.5) is 10.2 Å². The maximum atomic E-state index is 13.5. The van der Waals surface area contributed by atoms with Crippen molar-refractivity contribution in [3.8, 4) is 0 Å². The highest BCUT2D eigenvalue weighted by Gasteiger charge is 2.41. The van der Waals surface area contributed by atoms with Gasteiger partial charge in [-0.1, -0.05) is 19.9 Å². The lowest BCUT2D eigenvalue weighted by atomic mass is 9.99. The zero-order valence-corrected chi connectivity index (χ0v) is 10.7. The smallest absolute Gasteiger partial charge is 0.352 e. The Hall–Kier alpha value is -1.73. The third-order valence-corrected chi connectivity index (χ3v) is 3.18. The van der Waals surface area contributed by atoms with Crippen molar-refractivity contribution >= 4 is 5.82 Å². The summed E-state index contributed by atoms with van der Waals surface area (Å²) >= 11 is 0. The first-order valence-electron chi connectivity index (χ1n) is 5.94. The van der Waals surface area contributed by atoms with E-state index >= 15 is 0 Å². The summed E-state index contributed by atoms with van der Waals surface area (Å²) in [5, 5.41) is 9.12. The highest BCUT2D eigenvalue weighted by molar-refractivity contribution is 5.27. The van der Waals surface area contributed by atoms with Gasteiger partial charge < -0.3 is 15.6 Å². The van der Waals surface area contributed by atoms with E-state index in [0.29, 0.717) is 0 Å². The summed E-state index contributed by atoms with van der Waals surface area (Å²) in [5.74, 6) is -1.40. The molecule has 0 amide bonds. The molecule has 0 aliphatic carbocycles. The summed E-state index contributed by atoms with van der Waals surface area (Å²) in [6.45, 7) is 3.43. The van der Waals surface area contributed by atoms with Crippen LogP contribution in [0.3, 0.4) is 0 Å². The number of hydrogen-bond acceptors (Lipinski definition) is 5. The van der Waals surface area contributed by atoms with E-state index in [1.807, 2.05) is 13.8 Å². The Morgan fingerprint density at radius 1 is 1.68 bits per heavy atom. The molecule has 1 aliphatic heterocycles. The summed E-state index contributed by atoms with van der Waals surface area (Å²) < 4.78 is 20.3. The normalized spacial score (nSPS) is 26.3. The van der Waals surface area contributed by atoms with Gasteiger partial charge in [-0.3, -0.25) is 4.57 Å². The summed E-state index contributed by atoms with van der Waals surface area (Å²) in [6, 6.07) is 0. The van der Waals surface area contributed by atoms with Gasteiger partial charge in [0.05, 0.1) is 12.8 Å². The Balaban J connectivity index is 2.57. The number of anilines is 1. The topological polar surface area (TPSA) is 90.4 Å². The lowest BCUT2D eigenvalue weighted by molar-refractivity contribution is -0.123. The van der Waals surface area contributed by atoms with Gasteiger partial charge in [0.25, 0.3) is 0 Å². The number of aliphatic hydroxyl groups excluding tert-OH is 1. The van der Waals surface area contributed by atoms with Gasteiger partial charge in [0, 0.05) is 5.92 Å². The lowest BCUT2D eigenvalue weighted by Crippen LogP contribution is -2.46. The van der Waals surface area contributed by atoms with Crippen molar-refractivity contribution in [1.29, 1.82) is 0 Å². The fourth-order valence-corrected chi connectivity index (χ4v) is 2.10. The molecule has 2 atom stereocenters. The van der Waals surface area contributed by atoms with E-state index in [-0.39, 0.29) is 12.5 Å². The van der Waals surface area contributed by atoms with Crippen LogP contribution in [0.25, 0.3) is 0 Å². The predicted octanol–water partition coefficient (Wildman–Crippen LogP) is 0.221. The molecule has 104 valence electrons. The van der Waals surface area contributed by atoms with Crippen LogP contribution >= 0.6 is 0 Å². The summed E-state index contributed by atoms with van der Waals surface area (Å²) in [7, 11) is 0. The molecule has 0 saturated carbocycles. The average molecular weight is 269 g/mol. The monoisotopic (exact) mass is 269 g/mol. The molecule has 0 saturated heterocycles. The number of ether oxygens (including phenoxy) is 1. The fourth-order valence-electron chi connectivity index (χ4n) is 2.10. The minimum atomic E-state index is -1.16. The Morgan fingerprint density at radius 2 is 2.37 bits per heavy atom. The molecule has 3 N–H and O–H groups in total. The van der Waals surface area contributed by atoms with Crippen LogP contribution in [0.15, 0.2) is 23.1 Å². The van der Waals surface area contributed by atoms with E-state index in [0.717, 1.165) is 10.8 Å². The number of halogens is 1. The first-order chi connectivity index (χ1) is 8.90. The van der Waals surface area contributed by atoms with Gasteiger partial charge in [-0.05, 0) is 6.08 Å². The van der Waals surface area contributed by atoms with E-state index in [1.165, 1.54) is 0 Å². The van der Waals surface area contributed by atoms with Gasteiger partial charge in [-0.2, -0.15) is 4.98 Å². The van der Waals surface area contributed by atoms with Crippen molar-refractivity contribution in [2.75, 3.05) is 12.3 Å². The Morgan fingerprint density at radius 3 is 2.89 bits per heavy atom. The van der Waals surface area contributed by atoms with Crippen molar-refractivity contribution < 1.29 is 14.2 Å². The zero-order valence-electron chi connectivity index (χ0n) is 10.7. The van der Waals surface area contributed by atoms with Crippen LogP contribution < -0.4 is 11.4 Å². The van der Waals surface area contributed by atoms with Gasteiger partial charge in [0.1, 0.15) is 6.10 Å². The summed E-state index contributed by atoms with van der Waals surface area (Å²) in [4.78, 5) is 15.3. The summed E-state index contributed by atoms with van der Waals surface area (Å²) in [6.07, 6.45) is 3.72. The number of rotatable bonds is 3. The fraction of sp³-hybridized carbons (Fsp3) is 0.500. The molecule has 0 bridgehead atoms. The van der Waals surface area contributed by atoms with E-state index in [1.54, 1.807) is 12.2 Å². The molecule has 7 heteroatoms. The quantitative estimate of drug-likeness (QED) is 0.766. The molecule has 0 unspecified atom stereocenters. The molecule has 6 nitrogen and oxygen atoms in total. The Bertz CT molecular complexity index is 570. The second-order valence-electron chi connectivity index (χ2n) is 4.73. The third kappa shape index (κ3) is 2.15. The number of nitrogen functional groups attached to an aromatic ring is 1. The molecular weight excluding hydrogens is 253 g/mol. The van der Waals surface area contributed by atoms with Crippen molar-refractivity contribution in [1.82, 2.24) is 9.55 Å². The molecule has 1 aromatic heterocycles. The van der Waals surface area contributed by atoms with Crippen LogP contribution in [-0.4, -0.2) is 27.4 Å². The van der Waals surface area contributed by atoms with Crippen LogP contribution in [0.1, 0.15) is 13.8 Å². The first-order valence-corrected chi connectivity index (χ1v) is 5.94. The molecule has 0 fully saturated rings. The minimum Gasteiger partial charge on any atom is -0.393 e. The van der Waals surface area contributed by atoms with Gasteiger partial charge in [-0.15, -0.1) is 0 Å². The van der Waals surface area contributed by atoms with Gasteiger partial charge in [-0.25, -0.2) is 9.18 Å². The molecule has 2 heterocycles. The molecule has 2 rings (SSSR count). The number of hydrogen-bond donors (Lipinski definition) is 2. The number of aliphatic hydroxyl groups is 1. The zero-order chi connectivity index (χ0) is 14.2. The first kappa shape index (κ1) is 13.7. The van der Waals surface area contributed by atoms with Crippen molar-refractivity contribution in [2.45, 2.75) is 25.7 Å². The standard InChI is InChI=1S/C12H16FN3O3/c1-7(2)12(4-3-8(6-17)19-12)16-5-9(13)10(14)15-11(16)18/h3-5,7-8,17H,6H2,1-2H3,(H2,14,15,18)/t8-,12-/m0/s1. The van der Waals surface area contributed by atoms with E-state index < -0.39 is 29.2 Å². The highest BCUT2D eigenvalue weighted by atomic mass is 19.1. The molecule has 0 radical (unpaired) electrons. The van der Waals surface area contributed by atoms with Crippen molar-refractivity contribution in [2.24, 2.45) is 5.92 Å². The van der Waals surface area contributed by atoms with E-state index in [2.05, 4.69) is 4.98 Å². The largest absolute Gasteiger partial charge is 0.393 e. The van der Waals surface area contributed by atoms with Crippen molar-refractivity contribution in [3.05, 3.63) is 34.7 Å². The minimum absolute atomic E-state index is 0.164. The Kier molecular flexibility index (Phi) is 3.42. The maximum absolute atomic E-state index is 13.5. The second-order valence-corrected chi connectivity index (χ2v) is 4.73. The van der Waals surface area contributed by atoms with Crippen LogP contribution in [0, 0.1) is 11.7 Å². The molecule has 19 heavy (non-hydrogen) atoms. The summed E-state index contributed by atoms with van der Waals surface area (Å²) in [5.41, 5.74) is 3.40. The van der Waals surface area contributed by atoms with E-state index in [4.69, 9.17) is 15.6 Å². The molecule has 0 spiro atoms. The number of nitrogens with zero attached hydrogens (tertiary/aromatic N) is 2. The van der Waals surface area contributed by atoms with Crippen LogP contribution in [-0.2, 0) is 10.5 Å². The van der Waals surface area contributed by atoms with E-state index in [9.17, 15) is 9.18 Å². The molecular formula is C12H16FN3O3. The maximum Gasteiger partial charge on any atom is 0.352 e.